The second-order valence-electron chi connectivity index (χ2n) is 2.22. The first-order valence-electron chi connectivity index (χ1n) is 3.63. The molecule has 0 aliphatic heterocycles. The molecule has 59 valence electrons. The van der Waals surface area contributed by atoms with E-state index in [4.69, 9.17) is 4.74 Å². The summed E-state index contributed by atoms with van der Waals surface area (Å²) in [6.45, 7) is 2.67. The normalized spacial score (nSPS) is 9.64. The third-order valence-corrected chi connectivity index (χ3v) is 1.21. The standard InChI is InChI=1S/C9H10FO/c1-2-7-11-9-5-3-8(10)4-6-9/h3-5H,2,7H2,1H3. The molecule has 0 aliphatic rings. The highest BCUT2D eigenvalue weighted by atomic mass is 19.1. The van der Waals surface area contributed by atoms with Gasteiger partial charge in [-0.05, 0) is 24.6 Å². The van der Waals surface area contributed by atoms with Crippen LogP contribution in [-0.2, 0) is 0 Å². The van der Waals surface area contributed by atoms with E-state index in [0.29, 0.717) is 12.4 Å². The molecule has 1 aromatic rings. The smallest absolute Gasteiger partial charge is 0.127 e. The second kappa shape index (κ2) is 3.96. The van der Waals surface area contributed by atoms with Gasteiger partial charge in [-0.2, -0.15) is 0 Å². The molecule has 2 heteroatoms. The second-order valence-corrected chi connectivity index (χ2v) is 2.22. The predicted octanol–water partition coefficient (Wildman–Crippen LogP) is 2.41. The first kappa shape index (κ1) is 8.05. The van der Waals surface area contributed by atoms with Crippen molar-refractivity contribution in [3.8, 4) is 5.75 Å². The van der Waals surface area contributed by atoms with E-state index < -0.39 is 0 Å². The predicted molar refractivity (Wildman–Crippen MR) is 41.0 cm³/mol. The van der Waals surface area contributed by atoms with Gasteiger partial charge in [-0.3, -0.25) is 0 Å². The molecule has 0 saturated carbocycles. The molecule has 0 aliphatic carbocycles. The maximum absolute atomic E-state index is 12.3. The van der Waals surface area contributed by atoms with E-state index in [-0.39, 0.29) is 5.82 Å². The number of ether oxygens (including phenoxy) is 1. The van der Waals surface area contributed by atoms with Gasteiger partial charge in [0.15, 0.2) is 0 Å². The van der Waals surface area contributed by atoms with E-state index in [2.05, 4.69) is 6.07 Å². The third-order valence-electron chi connectivity index (χ3n) is 1.21. The molecule has 1 rings (SSSR count). The molecule has 0 unspecified atom stereocenters. The lowest BCUT2D eigenvalue weighted by Crippen LogP contribution is -1.94. The Morgan fingerprint density at radius 1 is 1.55 bits per heavy atom. The van der Waals surface area contributed by atoms with Crippen molar-refractivity contribution in [2.24, 2.45) is 0 Å². The van der Waals surface area contributed by atoms with Gasteiger partial charge in [0, 0.05) is 6.07 Å². The molecule has 0 atom stereocenters. The van der Waals surface area contributed by atoms with Crippen LogP contribution in [0.1, 0.15) is 13.3 Å². The van der Waals surface area contributed by atoms with E-state index in [1.54, 1.807) is 6.07 Å². The number of hydrogen-bond acceptors (Lipinski definition) is 1. The molecule has 11 heavy (non-hydrogen) atoms. The molecule has 1 radical (unpaired) electrons. The van der Waals surface area contributed by atoms with Crippen LogP contribution < -0.4 is 4.74 Å². The van der Waals surface area contributed by atoms with Crippen LogP contribution >= 0.6 is 0 Å². The van der Waals surface area contributed by atoms with Crippen molar-refractivity contribution in [3.63, 3.8) is 0 Å². The minimum atomic E-state index is -0.283. The van der Waals surface area contributed by atoms with Gasteiger partial charge in [0.2, 0.25) is 0 Å². The van der Waals surface area contributed by atoms with Crippen LogP contribution in [0.2, 0.25) is 0 Å². The summed E-state index contributed by atoms with van der Waals surface area (Å²) in [6.07, 6.45) is 0.950. The summed E-state index contributed by atoms with van der Waals surface area (Å²) in [7, 11) is 0. The van der Waals surface area contributed by atoms with Crippen molar-refractivity contribution in [2.75, 3.05) is 6.61 Å². The van der Waals surface area contributed by atoms with Gasteiger partial charge in [-0.1, -0.05) is 6.92 Å². The molecule has 1 nitrogen and oxygen atoms in total. The Kier molecular flexibility index (Phi) is 2.90. The van der Waals surface area contributed by atoms with Gasteiger partial charge < -0.3 is 4.74 Å². The SMILES string of the molecule is CCCOc1[c]cc(F)cc1. The van der Waals surface area contributed by atoms with E-state index in [1.165, 1.54) is 12.1 Å². The number of halogens is 1. The van der Waals surface area contributed by atoms with E-state index >= 15 is 0 Å². The molecule has 0 fully saturated rings. The molecule has 0 amide bonds. The Morgan fingerprint density at radius 3 is 2.91 bits per heavy atom. The zero-order valence-electron chi connectivity index (χ0n) is 6.43. The molecule has 0 heterocycles. The zero-order valence-corrected chi connectivity index (χ0v) is 6.43. The van der Waals surface area contributed by atoms with Crippen molar-refractivity contribution in [3.05, 3.63) is 30.1 Å². The first-order chi connectivity index (χ1) is 5.33. The van der Waals surface area contributed by atoms with Crippen LogP contribution in [0, 0.1) is 11.9 Å². The van der Waals surface area contributed by atoms with E-state index in [9.17, 15) is 4.39 Å². The molecule has 0 N–H and O–H groups in total. The van der Waals surface area contributed by atoms with Crippen molar-refractivity contribution in [1.29, 1.82) is 0 Å². The number of rotatable bonds is 3. The molecule has 0 spiro atoms. The summed E-state index contributed by atoms with van der Waals surface area (Å²) < 4.78 is 17.5. The molecule has 0 bridgehead atoms. The highest BCUT2D eigenvalue weighted by Gasteiger charge is 1.92. The lowest BCUT2D eigenvalue weighted by Gasteiger charge is -2.01. The Hall–Kier alpha value is -1.05. The van der Waals surface area contributed by atoms with Gasteiger partial charge >= 0.3 is 0 Å². The van der Waals surface area contributed by atoms with Crippen molar-refractivity contribution >= 4 is 0 Å². The van der Waals surface area contributed by atoms with Gasteiger partial charge in [0.25, 0.3) is 0 Å². The monoisotopic (exact) mass is 153 g/mol. The summed E-state index contributed by atoms with van der Waals surface area (Å²) >= 11 is 0. The maximum Gasteiger partial charge on any atom is 0.127 e. The van der Waals surface area contributed by atoms with Crippen LogP contribution in [0.4, 0.5) is 4.39 Å². The molecule has 0 saturated heterocycles. The van der Waals surface area contributed by atoms with Crippen LogP contribution in [0.5, 0.6) is 5.75 Å². The van der Waals surface area contributed by atoms with Crippen LogP contribution in [0.25, 0.3) is 0 Å². The largest absolute Gasteiger partial charge is 0.493 e. The minimum absolute atomic E-state index is 0.283. The molecule has 1 aromatic carbocycles. The zero-order chi connectivity index (χ0) is 8.10. The average Bonchev–Trinajstić information content (AvgIpc) is 2.04. The third kappa shape index (κ3) is 2.58. The lowest BCUT2D eigenvalue weighted by atomic mass is 10.3. The summed E-state index contributed by atoms with van der Waals surface area (Å²) in [5.74, 6) is 0.321. The lowest BCUT2D eigenvalue weighted by molar-refractivity contribution is 0.316. The Morgan fingerprint density at radius 2 is 2.36 bits per heavy atom. The molecular weight excluding hydrogens is 143 g/mol. The average molecular weight is 153 g/mol. The number of benzene rings is 1. The van der Waals surface area contributed by atoms with E-state index in [0.717, 1.165) is 6.42 Å². The maximum atomic E-state index is 12.3. The fourth-order valence-corrected chi connectivity index (χ4v) is 0.693. The van der Waals surface area contributed by atoms with Crippen molar-refractivity contribution in [1.82, 2.24) is 0 Å². The van der Waals surface area contributed by atoms with Crippen molar-refractivity contribution < 1.29 is 9.13 Å². The van der Waals surface area contributed by atoms with Gasteiger partial charge in [0.05, 0.1) is 6.61 Å². The molecular formula is C9H10FO. The Bertz CT molecular complexity index is 205. The number of hydrogen-bond donors (Lipinski definition) is 0. The minimum Gasteiger partial charge on any atom is -0.493 e. The summed E-state index contributed by atoms with van der Waals surface area (Å²) in [6, 6.07) is 6.88. The topological polar surface area (TPSA) is 9.23 Å². The van der Waals surface area contributed by atoms with E-state index in [1.807, 2.05) is 6.92 Å². The summed E-state index contributed by atoms with van der Waals surface area (Å²) in [4.78, 5) is 0. The highest BCUT2D eigenvalue weighted by Crippen LogP contribution is 2.09. The van der Waals surface area contributed by atoms with Gasteiger partial charge in [0.1, 0.15) is 11.6 Å². The van der Waals surface area contributed by atoms with Crippen LogP contribution in [0.15, 0.2) is 18.2 Å². The molecule has 0 aromatic heterocycles. The van der Waals surface area contributed by atoms with Crippen molar-refractivity contribution in [2.45, 2.75) is 13.3 Å². The van der Waals surface area contributed by atoms with Gasteiger partial charge in [-0.25, -0.2) is 4.39 Å². The van der Waals surface area contributed by atoms with Gasteiger partial charge in [-0.15, -0.1) is 0 Å². The van der Waals surface area contributed by atoms with Crippen LogP contribution in [-0.4, -0.2) is 6.61 Å². The fourth-order valence-electron chi connectivity index (χ4n) is 0.693. The van der Waals surface area contributed by atoms with Crippen LogP contribution in [0.3, 0.4) is 0 Å². The Labute approximate surface area is 65.8 Å². The highest BCUT2D eigenvalue weighted by molar-refractivity contribution is 5.20. The summed E-state index contributed by atoms with van der Waals surface area (Å²) in [5.41, 5.74) is 0. The first-order valence-corrected chi connectivity index (χ1v) is 3.63. The summed E-state index contributed by atoms with van der Waals surface area (Å²) in [5, 5.41) is 0. The fraction of sp³-hybridized carbons (Fsp3) is 0.333. The Balaban J connectivity index is 2.52. The quantitative estimate of drug-likeness (QED) is 0.648.